The van der Waals surface area contributed by atoms with Crippen molar-refractivity contribution in [2.75, 3.05) is 24.3 Å². The lowest BCUT2D eigenvalue weighted by atomic mass is 10.1. The second-order valence-corrected chi connectivity index (χ2v) is 4.86. The van der Waals surface area contributed by atoms with E-state index in [9.17, 15) is 0 Å². The fourth-order valence-corrected chi connectivity index (χ4v) is 1.99. The Labute approximate surface area is 109 Å². The third-order valence-corrected chi connectivity index (χ3v) is 3.24. The molecule has 0 unspecified atom stereocenters. The van der Waals surface area contributed by atoms with Gasteiger partial charge in [-0.05, 0) is 42.8 Å². The molecule has 0 saturated carbocycles. The Bertz CT molecular complexity index is 526. The molecule has 1 aromatic heterocycles. The Kier molecular flexibility index (Phi) is 3.60. The molecule has 2 aromatic rings. The van der Waals surface area contributed by atoms with Crippen LogP contribution in [0.4, 0.5) is 11.4 Å². The van der Waals surface area contributed by atoms with Crippen molar-refractivity contribution in [3.05, 3.63) is 47.8 Å². The first-order chi connectivity index (χ1) is 8.58. The number of aryl methyl sites for hydroxylation is 2. The Balaban J connectivity index is 2.08. The summed E-state index contributed by atoms with van der Waals surface area (Å²) >= 11 is 0. The third-order valence-electron chi connectivity index (χ3n) is 3.24. The highest BCUT2D eigenvalue weighted by atomic mass is 15.1. The first-order valence-corrected chi connectivity index (χ1v) is 6.20. The zero-order valence-corrected chi connectivity index (χ0v) is 11.6. The van der Waals surface area contributed by atoms with Crippen molar-refractivity contribution in [3.63, 3.8) is 0 Å². The fourth-order valence-electron chi connectivity index (χ4n) is 1.99. The molecule has 0 aliphatic heterocycles. The van der Waals surface area contributed by atoms with E-state index < -0.39 is 0 Å². The molecule has 0 bridgehead atoms. The predicted octanol–water partition coefficient (Wildman–Crippen LogP) is 3.01. The summed E-state index contributed by atoms with van der Waals surface area (Å²) in [6.45, 7) is 2.99. The maximum absolute atomic E-state index is 3.48. The summed E-state index contributed by atoms with van der Waals surface area (Å²) in [5.41, 5.74) is 4.99. The van der Waals surface area contributed by atoms with Crippen LogP contribution in [-0.4, -0.2) is 18.7 Å². The van der Waals surface area contributed by atoms with E-state index in [0.29, 0.717) is 0 Å². The highest BCUT2D eigenvalue weighted by Gasteiger charge is 2.02. The lowest BCUT2D eigenvalue weighted by Crippen LogP contribution is -2.09. The molecule has 0 atom stereocenters. The van der Waals surface area contributed by atoms with E-state index in [1.807, 2.05) is 0 Å². The lowest BCUT2D eigenvalue weighted by Gasteiger charge is -2.16. The van der Waals surface area contributed by atoms with Gasteiger partial charge in [0.05, 0.1) is 6.54 Å². The number of aromatic nitrogens is 1. The smallest absolute Gasteiger partial charge is 0.0553 e. The Morgan fingerprint density at radius 3 is 2.56 bits per heavy atom. The van der Waals surface area contributed by atoms with Gasteiger partial charge in [-0.25, -0.2) is 0 Å². The molecule has 0 radical (unpaired) electrons. The predicted molar refractivity (Wildman–Crippen MR) is 78.2 cm³/mol. The van der Waals surface area contributed by atoms with Gasteiger partial charge >= 0.3 is 0 Å². The molecule has 1 aromatic carbocycles. The average Bonchev–Trinajstić information content (AvgIpc) is 2.73. The van der Waals surface area contributed by atoms with Gasteiger partial charge in [0.2, 0.25) is 0 Å². The second-order valence-electron chi connectivity index (χ2n) is 4.86. The minimum Gasteiger partial charge on any atom is -0.379 e. The topological polar surface area (TPSA) is 20.2 Å². The molecule has 1 N–H and O–H groups in total. The van der Waals surface area contributed by atoms with Crippen molar-refractivity contribution in [1.29, 1.82) is 0 Å². The third kappa shape index (κ3) is 2.67. The molecule has 96 valence electrons. The highest BCUT2D eigenvalue weighted by molar-refractivity contribution is 5.59. The van der Waals surface area contributed by atoms with Crippen LogP contribution < -0.4 is 10.2 Å². The Morgan fingerprint density at radius 1 is 1.22 bits per heavy atom. The Morgan fingerprint density at radius 2 is 2.00 bits per heavy atom. The molecule has 0 aliphatic rings. The van der Waals surface area contributed by atoms with E-state index in [1.165, 1.54) is 22.6 Å². The molecule has 3 nitrogen and oxygen atoms in total. The van der Waals surface area contributed by atoms with Crippen molar-refractivity contribution in [1.82, 2.24) is 4.57 Å². The number of hydrogen-bond acceptors (Lipinski definition) is 2. The molecule has 0 aliphatic carbocycles. The summed E-state index contributed by atoms with van der Waals surface area (Å²) in [6, 6.07) is 10.7. The lowest BCUT2D eigenvalue weighted by molar-refractivity contribution is 0.842. The highest BCUT2D eigenvalue weighted by Crippen LogP contribution is 2.21. The minimum atomic E-state index is 0.853. The number of nitrogens with zero attached hydrogens (tertiary/aromatic N) is 2. The molecule has 18 heavy (non-hydrogen) atoms. The Hall–Kier alpha value is -1.90. The summed E-state index contributed by atoms with van der Waals surface area (Å²) < 4.78 is 2.14. The molecule has 3 heteroatoms. The number of rotatable bonds is 4. The van der Waals surface area contributed by atoms with Gasteiger partial charge < -0.3 is 14.8 Å². The van der Waals surface area contributed by atoms with Crippen LogP contribution >= 0.6 is 0 Å². The SMILES string of the molecule is Cc1cc(N(C)C)ccc1NCc1cccn1C. The van der Waals surface area contributed by atoms with Crippen molar-refractivity contribution in [2.45, 2.75) is 13.5 Å². The molecule has 2 rings (SSSR count). The van der Waals surface area contributed by atoms with Gasteiger partial charge in [0.15, 0.2) is 0 Å². The van der Waals surface area contributed by atoms with Gasteiger partial charge in [0.1, 0.15) is 0 Å². The van der Waals surface area contributed by atoms with Crippen LogP contribution in [0.2, 0.25) is 0 Å². The number of benzene rings is 1. The van der Waals surface area contributed by atoms with Gasteiger partial charge in [-0.3, -0.25) is 0 Å². The van der Waals surface area contributed by atoms with E-state index in [-0.39, 0.29) is 0 Å². The first-order valence-electron chi connectivity index (χ1n) is 6.20. The summed E-state index contributed by atoms with van der Waals surface area (Å²) in [4.78, 5) is 2.12. The molecule has 0 spiro atoms. The van der Waals surface area contributed by atoms with Crippen LogP contribution in [0, 0.1) is 6.92 Å². The molecule has 0 amide bonds. The quantitative estimate of drug-likeness (QED) is 0.890. The normalized spacial score (nSPS) is 10.4. The number of hydrogen-bond donors (Lipinski definition) is 1. The van der Waals surface area contributed by atoms with Crippen molar-refractivity contribution in [2.24, 2.45) is 7.05 Å². The van der Waals surface area contributed by atoms with Gasteiger partial charge in [0, 0.05) is 44.4 Å². The zero-order valence-electron chi connectivity index (χ0n) is 11.6. The van der Waals surface area contributed by atoms with Crippen molar-refractivity contribution in [3.8, 4) is 0 Å². The van der Waals surface area contributed by atoms with Gasteiger partial charge in [-0.2, -0.15) is 0 Å². The van der Waals surface area contributed by atoms with E-state index in [4.69, 9.17) is 0 Å². The maximum atomic E-state index is 3.48. The summed E-state index contributed by atoms with van der Waals surface area (Å²) in [6.07, 6.45) is 2.07. The van der Waals surface area contributed by atoms with Gasteiger partial charge in [-0.15, -0.1) is 0 Å². The van der Waals surface area contributed by atoms with Crippen molar-refractivity contribution < 1.29 is 0 Å². The van der Waals surface area contributed by atoms with Crippen LogP contribution in [0.1, 0.15) is 11.3 Å². The summed E-state index contributed by atoms with van der Waals surface area (Å²) in [5.74, 6) is 0. The standard InChI is InChI=1S/C15H21N3/c1-12-10-13(17(2)3)7-8-15(12)16-11-14-6-5-9-18(14)4/h5-10,16H,11H2,1-4H3. The zero-order chi connectivity index (χ0) is 13.1. The van der Waals surface area contributed by atoms with E-state index in [1.54, 1.807) is 0 Å². The second kappa shape index (κ2) is 5.17. The van der Waals surface area contributed by atoms with Crippen LogP contribution in [0.5, 0.6) is 0 Å². The molecular formula is C15H21N3. The summed E-state index contributed by atoms with van der Waals surface area (Å²) in [5, 5.41) is 3.48. The summed E-state index contributed by atoms with van der Waals surface area (Å²) in [7, 11) is 6.19. The largest absolute Gasteiger partial charge is 0.379 e. The van der Waals surface area contributed by atoms with E-state index in [0.717, 1.165) is 6.54 Å². The van der Waals surface area contributed by atoms with E-state index >= 15 is 0 Å². The molecule has 0 fully saturated rings. The minimum absolute atomic E-state index is 0.853. The maximum Gasteiger partial charge on any atom is 0.0553 e. The van der Waals surface area contributed by atoms with Crippen LogP contribution in [0.3, 0.4) is 0 Å². The fraction of sp³-hybridized carbons (Fsp3) is 0.333. The van der Waals surface area contributed by atoms with Gasteiger partial charge in [0.25, 0.3) is 0 Å². The van der Waals surface area contributed by atoms with Crippen LogP contribution in [-0.2, 0) is 13.6 Å². The monoisotopic (exact) mass is 243 g/mol. The van der Waals surface area contributed by atoms with Crippen molar-refractivity contribution >= 4 is 11.4 Å². The molecule has 1 heterocycles. The molecular weight excluding hydrogens is 222 g/mol. The van der Waals surface area contributed by atoms with Gasteiger partial charge in [-0.1, -0.05) is 0 Å². The first kappa shape index (κ1) is 12.6. The number of anilines is 2. The molecule has 0 saturated heterocycles. The number of nitrogens with one attached hydrogen (secondary N) is 1. The average molecular weight is 243 g/mol. The van der Waals surface area contributed by atoms with E-state index in [2.05, 4.69) is 79.4 Å². The van der Waals surface area contributed by atoms with Crippen LogP contribution in [0.15, 0.2) is 36.5 Å². The van der Waals surface area contributed by atoms with Crippen LogP contribution in [0.25, 0.3) is 0 Å².